The third kappa shape index (κ3) is 2.63. The van der Waals surface area contributed by atoms with Crippen LogP contribution < -0.4 is 4.90 Å². The molecule has 0 atom stereocenters. The first-order valence-corrected chi connectivity index (χ1v) is 7.09. The van der Waals surface area contributed by atoms with E-state index in [0.29, 0.717) is 0 Å². The predicted molar refractivity (Wildman–Crippen MR) is 82.5 cm³/mol. The highest BCUT2D eigenvalue weighted by Crippen LogP contribution is 2.34. The Morgan fingerprint density at radius 1 is 1.43 bits per heavy atom. The van der Waals surface area contributed by atoms with Crippen molar-refractivity contribution in [2.24, 2.45) is 5.41 Å². The Bertz CT molecular complexity index is 715. The summed E-state index contributed by atoms with van der Waals surface area (Å²) in [6.45, 7) is 6.38. The van der Waals surface area contributed by atoms with Gasteiger partial charge in [-0.05, 0) is 30.0 Å². The molecular weight excluding hydrogens is 266 g/mol. The Balaban J connectivity index is 2.09. The van der Waals surface area contributed by atoms with Gasteiger partial charge >= 0.3 is 5.97 Å². The Morgan fingerprint density at radius 3 is 2.90 bits per heavy atom. The van der Waals surface area contributed by atoms with Gasteiger partial charge in [-0.15, -0.1) is 0 Å². The number of rotatable bonds is 3. The van der Waals surface area contributed by atoms with Crippen LogP contribution in [0, 0.1) is 5.41 Å². The first kappa shape index (κ1) is 13.7. The minimum absolute atomic E-state index is 0.267. The van der Waals surface area contributed by atoms with E-state index in [1.54, 1.807) is 6.08 Å². The number of anilines is 1. The Morgan fingerprint density at radius 2 is 2.24 bits per heavy atom. The average molecular weight is 285 g/mol. The normalized spacial score (nSPS) is 17.9. The lowest BCUT2D eigenvalue weighted by molar-refractivity contribution is -0.131. The zero-order chi connectivity index (χ0) is 15.0. The fourth-order valence-corrected chi connectivity index (χ4v) is 2.83. The van der Waals surface area contributed by atoms with Crippen LogP contribution in [0.2, 0.25) is 0 Å². The highest BCUT2D eigenvalue weighted by Gasteiger charge is 2.31. The van der Waals surface area contributed by atoms with Gasteiger partial charge in [0.15, 0.2) is 5.82 Å². The minimum Gasteiger partial charge on any atom is -0.478 e. The summed E-state index contributed by atoms with van der Waals surface area (Å²) >= 11 is 0. The van der Waals surface area contributed by atoms with E-state index in [9.17, 15) is 4.79 Å². The maximum Gasteiger partial charge on any atom is 0.328 e. The summed E-state index contributed by atoms with van der Waals surface area (Å²) in [5, 5.41) is 8.89. The first-order chi connectivity index (χ1) is 9.96. The number of carboxylic acid groups (broad SMARTS) is 1. The van der Waals surface area contributed by atoms with Gasteiger partial charge in [-0.3, -0.25) is 4.40 Å². The second kappa shape index (κ2) is 4.91. The van der Waals surface area contributed by atoms with Gasteiger partial charge in [0.1, 0.15) is 5.65 Å². The molecule has 1 N–H and O–H groups in total. The van der Waals surface area contributed by atoms with Crippen LogP contribution in [0.4, 0.5) is 5.82 Å². The largest absolute Gasteiger partial charge is 0.478 e. The van der Waals surface area contributed by atoms with E-state index in [1.165, 1.54) is 6.08 Å². The van der Waals surface area contributed by atoms with Crippen molar-refractivity contribution in [2.45, 2.75) is 20.3 Å². The van der Waals surface area contributed by atoms with E-state index in [2.05, 4.69) is 23.7 Å². The van der Waals surface area contributed by atoms with Gasteiger partial charge in [-0.1, -0.05) is 19.9 Å². The van der Waals surface area contributed by atoms with Crippen molar-refractivity contribution in [2.75, 3.05) is 18.0 Å². The molecule has 1 aliphatic heterocycles. The van der Waals surface area contributed by atoms with Crippen molar-refractivity contribution >= 4 is 23.5 Å². The molecule has 0 radical (unpaired) electrons. The SMILES string of the molecule is CC1(C)CCN(c2nc3ccccn3c2/C=C/C(=O)O)C1. The number of hydrogen-bond donors (Lipinski definition) is 1. The summed E-state index contributed by atoms with van der Waals surface area (Å²) < 4.78 is 1.93. The van der Waals surface area contributed by atoms with Crippen molar-refractivity contribution in [3.63, 3.8) is 0 Å². The molecule has 0 aliphatic carbocycles. The number of hydrogen-bond acceptors (Lipinski definition) is 3. The quantitative estimate of drug-likeness (QED) is 0.881. The van der Waals surface area contributed by atoms with Crippen LogP contribution in [0.15, 0.2) is 30.5 Å². The zero-order valence-corrected chi connectivity index (χ0v) is 12.3. The molecule has 3 heterocycles. The molecule has 3 rings (SSSR count). The standard InChI is InChI=1S/C16H19N3O2/c1-16(2)8-10-18(11-16)15-12(6-7-14(20)21)19-9-4-3-5-13(19)17-15/h3-7,9H,8,10-11H2,1-2H3,(H,20,21)/b7-6+. The third-order valence-electron chi connectivity index (χ3n) is 3.91. The summed E-state index contributed by atoms with van der Waals surface area (Å²) in [6, 6.07) is 5.79. The molecule has 0 unspecified atom stereocenters. The third-order valence-corrected chi connectivity index (χ3v) is 3.91. The number of aromatic nitrogens is 2. The fraction of sp³-hybridized carbons (Fsp3) is 0.375. The van der Waals surface area contributed by atoms with Gasteiger partial charge in [0.05, 0.1) is 5.69 Å². The number of carbonyl (C=O) groups is 1. The average Bonchev–Trinajstić information content (AvgIpc) is 2.96. The lowest BCUT2D eigenvalue weighted by Crippen LogP contribution is -2.23. The second-order valence-electron chi connectivity index (χ2n) is 6.26. The van der Waals surface area contributed by atoms with Gasteiger partial charge < -0.3 is 10.0 Å². The van der Waals surface area contributed by atoms with Crippen LogP contribution >= 0.6 is 0 Å². The highest BCUT2D eigenvalue weighted by atomic mass is 16.4. The van der Waals surface area contributed by atoms with Gasteiger partial charge in [-0.25, -0.2) is 9.78 Å². The monoisotopic (exact) mass is 285 g/mol. The molecule has 1 aliphatic rings. The van der Waals surface area contributed by atoms with Crippen LogP contribution in [-0.2, 0) is 4.79 Å². The molecule has 0 aromatic carbocycles. The Hall–Kier alpha value is -2.30. The zero-order valence-electron chi connectivity index (χ0n) is 12.3. The molecule has 0 amide bonds. The number of aliphatic carboxylic acids is 1. The molecule has 0 spiro atoms. The van der Waals surface area contributed by atoms with Gasteiger partial charge in [-0.2, -0.15) is 0 Å². The maximum absolute atomic E-state index is 10.8. The topological polar surface area (TPSA) is 57.8 Å². The Kier molecular flexibility index (Phi) is 3.20. The van der Waals surface area contributed by atoms with Crippen LogP contribution in [0.1, 0.15) is 26.0 Å². The van der Waals surface area contributed by atoms with E-state index >= 15 is 0 Å². The molecule has 5 heteroatoms. The van der Waals surface area contributed by atoms with Gasteiger partial charge in [0.25, 0.3) is 0 Å². The lowest BCUT2D eigenvalue weighted by atomic mass is 9.93. The molecule has 1 saturated heterocycles. The molecular formula is C16H19N3O2. The smallest absolute Gasteiger partial charge is 0.328 e. The molecule has 2 aromatic rings. The van der Waals surface area contributed by atoms with E-state index in [1.807, 2.05) is 28.8 Å². The lowest BCUT2D eigenvalue weighted by Gasteiger charge is -2.20. The summed E-state index contributed by atoms with van der Waals surface area (Å²) in [6.07, 6.45) is 5.82. The summed E-state index contributed by atoms with van der Waals surface area (Å²) in [4.78, 5) is 17.8. The minimum atomic E-state index is -0.950. The van der Waals surface area contributed by atoms with Crippen LogP contribution in [-0.4, -0.2) is 33.6 Å². The van der Waals surface area contributed by atoms with Crippen molar-refractivity contribution in [1.82, 2.24) is 9.38 Å². The summed E-state index contributed by atoms with van der Waals surface area (Å²) in [7, 11) is 0. The van der Waals surface area contributed by atoms with E-state index < -0.39 is 5.97 Å². The van der Waals surface area contributed by atoms with Crippen molar-refractivity contribution in [1.29, 1.82) is 0 Å². The van der Waals surface area contributed by atoms with E-state index in [0.717, 1.165) is 36.7 Å². The molecule has 110 valence electrons. The van der Waals surface area contributed by atoms with Crippen molar-refractivity contribution in [3.05, 3.63) is 36.2 Å². The van der Waals surface area contributed by atoms with Crippen molar-refractivity contribution in [3.8, 4) is 0 Å². The fourth-order valence-electron chi connectivity index (χ4n) is 2.83. The van der Waals surface area contributed by atoms with E-state index in [-0.39, 0.29) is 5.41 Å². The van der Waals surface area contributed by atoms with Crippen LogP contribution in [0.3, 0.4) is 0 Å². The number of carboxylic acids is 1. The number of fused-ring (bicyclic) bond motifs is 1. The van der Waals surface area contributed by atoms with Crippen molar-refractivity contribution < 1.29 is 9.90 Å². The Labute approximate surface area is 123 Å². The molecule has 21 heavy (non-hydrogen) atoms. The predicted octanol–water partition coefficient (Wildman–Crippen LogP) is 2.67. The summed E-state index contributed by atoms with van der Waals surface area (Å²) in [5.41, 5.74) is 1.93. The second-order valence-corrected chi connectivity index (χ2v) is 6.26. The molecule has 0 bridgehead atoms. The van der Waals surface area contributed by atoms with Gasteiger partial charge in [0, 0.05) is 25.4 Å². The maximum atomic E-state index is 10.8. The van der Waals surface area contributed by atoms with E-state index in [4.69, 9.17) is 5.11 Å². The molecule has 1 fully saturated rings. The first-order valence-electron chi connectivity index (χ1n) is 7.09. The molecule has 2 aromatic heterocycles. The number of nitrogens with zero attached hydrogens (tertiary/aromatic N) is 3. The molecule has 0 saturated carbocycles. The number of imidazole rings is 1. The highest BCUT2D eigenvalue weighted by molar-refractivity contribution is 5.86. The summed E-state index contributed by atoms with van der Waals surface area (Å²) in [5.74, 6) is -0.0853. The van der Waals surface area contributed by atoms with Crippen LogP contribution in [0.25, 0.3) is 11.7 Å². The van der Waals surface area contributed by atoms with Gasteiger partial charge in [0.2, 0.25) is 0 Å². The molecule has 5 nitrogen and oxygen atoms in total. The van der Waals surface area contributed by atoms with Crippen LogP contribution in [0.5, 0.6) is 0 Å². The number of pyridine rings is 1.